The molecular weight excluding hydrogens is 323 g/mol. The topological polar surface area (TPSA) is 125 Å². The minimum Gasteiger partial charge on any atom is -0.427 e. The molecule has 0 rings (SSSR count). The van der Waals surface area contributed by atoms with E-state index >= 15 is 0 Å². The number of nitrogens with one attached hydrogen (secondary N) is 1. The maximum absolute atomic E-state index is 12.1. The van der Waals surface area contributed by atoms with Gasteiger partial charge in [0.2, 0.25) is 11.6 Å². The number of ether oxygens (including phenoxy) is 1. The lowest BCUT2D eigenvalue weighted by Gasteiger charge is -2.28. The second kappa shape index (κ2) is 7.04. The van der Waals surface area contributed by atoms with Crippen molar-refractivity contribution in [1.82, 2.24) is 5.32 Å². The molecule has 0 saturated carbocycles. The zero-order valence-corrected chi connectivity index (χ0v) is 11.6. The van der Waals surface area contributed by atoms with Gasteiger partial charge in [-0.1, -0.05) is 0 Å². The van der Waals surface area contributed by atoms with E-state index < -0.39 is 41.5 Å². The van der Waals surface area contributed by atoms with Crippen molar-refractivity contribution < 1.29 is 32.3 Å². The van der Waals surface area contributed by atoms with Gasteiger partial charge in [-0.25, -0.2) is 4.79 Å². The number of hydrogen-bond donors (Lipinski definition) is 5. The van der Waals surface area contributed by atoms with Crippen LogP contribution in [-0.4, -0.2) is 47.2 Å². The van der Waals surface area contributed by atoms with Crippen molar-refractivity contribution >= 4 is 43.0 Å². The maximum atomic E-state index is 12.1. The smallest absolute Gasteiger partial charge is 0.427 e. The van der Waals surface area contributed by atoms with Crippen LogP contribution in [0.4, 0.5) is 13.2 Å². The first-order valence-electron chi connectivity index (χ1n) is 4.89. The summed E-state index contributed by atoms with van der Waals surface area (Å²) < 4.78 is 40.1. The van der Waals surface area contributed by atoms with E-state index in [2.05, 4.69) is 30.0 Å². The van der Waals surface area contributed by atoms with Crippen LogP contribution in [0.2, 0.25) is 0 Å². The second-order valence-corrected chi connectivity index (χ2v) is 4.23. The van der Waals surface area contributed by atoms with Crippen LogP contribution < -0.4 is 16.8 Å². The van der Waals surface area contributed by atoms with Gasteiger partial charge in [-0.05, 0) is 0 Å². The van der Waals surface area contributed by atoms with Crippen molar-refractivity contribution in [3.8, 4) is 0 Å². The zero-order chi connectivity index (χ0) is 16.1. The van der Waals surface area contributed by atoms with Gasteiger partial charge in [-0.3, -0.25) is 15.3 Å². The van der Waals surface area contributed by atoms with Crippen LogP contribution in [0.15, 0.2) is 0 Å². The fourth-order valence-corrected chi connectivity index (χ4v) is 1.34. The van der Waals surface area contributed by atoms with E-state index in [1.807, 2.05) is 5.32 Å². The molecule has 0 fully saturated rings. The third-order valence-corrected chi connectivity index (χ3v) is 2.79. The van der Waals surface area contributed by atoms with Crippen molar-refractivity contribution in [3.05, 3.63) is 0 Å². The second-order valence-electron chi connectivity index (χ2n) is 3.55. The fraction of sp³-hybridized carbons (Fsp3) is 0.625. The Labute approximate surface area is 122 Å². The number of halogens is 3. The van der Waals surface area contributed by atoms with Crippen LogP contribution in [0.25, 0.3) is 0 Å². The van der Waals surface area contributed by atoms with Crippen molar-refractivity contribution in [2.24, 2.45) is 11.5 Å². The highest BCUT2D eigenvalue weighted by Gasteiger charge is 2.48. The van der Waals surface area contributed by atoms with E-state index in [9.17, 15) is 27.6 Å². The molecular formula is C8H12F3N3O4S2. The Kier molecular flexibility index (Phi) is 6.64. The molecule has 0 saturated heterocycles. The molecule has 0 heterocycles. The number of hydrogen-bond acceptors (Lipinski definition) is 7. The van der Waals surface area contributed by atoms with Crippen molar-refractivity contribution in [2.45, 2.75) is 17.9 Å². The first kappa shape index (κ1) is 18.9. The monoisotopic (exact) mass is 335 g/mol. The number of carbonyl (C=O) groups excluding carboxylic acids is 3. The number of nitrogens with two attached hydrogens (primary N) is 2. The maximum Gasteiger partial charge on any atom is 0.491 e. The van der Waals surface area contributed by atoms with Crippen LogP contribution in [0.1, 0.15) is 0 Å². The third kappa shape index (κ3) is 5.09. The lowest BCUT2D eigenvalue weighted by atomic mass is 10.2. The van der Waals surface area contributed by atoms with Crippen LogP contribution in [0.3, 0.4) is 0 Å². The quantitative estimate of drug-likeness (QED) is 0.231. The van der Waals surface area contributed by atoms with Gasteiger partial charge in [0, 0.05) is 5.75 Å². The number of carbonyl (C=O) groups is 3. The zero-order valence-electron chi connectivity index (χ0n) is 9.81. The van der Waals surface area contributed by atoms with Crippen LogP contribution >= 0.6 is 25.3 Å². The van der Waals surface area contributed by atoms with Crippen molar-refractivity contribution in [3.63, 3.8) is 0 Å². The normalized spacial score (nSPS) is 15.9. The largest absolute Gasteiger partial charge is 0.491 e. The summed E-state index contributed by atoms with van der Waals surface area (Å²) in [5.74, 6) is -5.99. The minimum absolute atomic E-state index is 0.225. The number of esters is 1. The summed E-state index contributed by atoms with van der Waals surface area (Å²) in [5.41, 5.74) is 7.43. The number of primary amides is 1. The average molecular weight is 335 g/mol. The molecule has 0 aromatic heterocycles. The highest BCUT2D eigenvalue weighted by atomic mass is 32.1. The molecule has 0 aliphatic carbocycles. The molecule has 0 aromatic carbocycles. The molecule has 20 heavy (non-hydrogen) atoms. The third-order valence-electron chi connectivity index (χ3n) is 1.96. The molecule has 0 radical (unpaired) electrons. The minimum atomic E-state index is -5.33. The first-order chi connectivity index (χ1) is 8.97. The lowest BCUT2D eigenvalue weighted by Crippen LogP contribution is -2.62. The van der Waals surface area contributed by atoms with Gasteiger partial charge in [-0.2, -0.15) is 38.4 Å². The molecule has 2 amide bonds. The number of rotatable bonds is 6. The van der Waals surface area contributed by atoms with E-state index in [-0.39, 0.29) is 5.75 Å². The van der Waals surface area contributed by atoms with Gasteiger partial charge in [0.1, 0.15) is 6.04 Å². The predicted octanol–water partition coefficient (Wildman–Crippen LogP) is -1.42. The fourth-order valence-electron chi connectivity index (χ4n) is 0.861. The number of amides is 2. The van der Waals surface area contributed by atoms with Crippen LogP contribution in [-0.2, 0) is 19.1 Å². The molecule has 0 aliphatic rings. The van der Waals surface area contributed by atoms with Gasteiger partial charge in [0.15, 0.2) is 0 Å². The molecule has 0 spiro atoms. The summed E-state index contributed by atoms with van der Waals surface area (Å²) in [6.07, 6.45) is -5.33. The average Bonchev–Trinajstić information content (AvgIpc) is 2.33. The van der Waals surface area contributed by atoms with E-state index in [0.717, 1.165) is 0 Å². The molecule has 0 aromatic rings. The van der Waals surface area contributed by atoms with Gasteiger partial charge in [0.05, 0.1) is 5.75 Å². The standard InChI is InChI=1S/C8H12F3N3O4S2/c9-8(10,11)6(17)18-7(13,2-20)5(16)14-3(1-19)4(12)15/h3,19-20H,1-2,13H2,(H2,12,15)(H,14,16)/t3-,7+/m1/s1. The van der Waals surface area contributed by atoms with Crippen LogP contribution in [0.5, 0.6) is 0 Å². The summed E-state index contributed by atoms with van der Waals surface area (Å²) in [6.45, 7) is 0. The molecule has 116 valence electrons. The van der Waals surface area contributed by atoms with Crippen molar-refractivity contribution in [1.29, 1.82) is 0 Å². The van der Waals surface area contributed by atoms with E-state index in [1.54, 1.807) is 0 Å². The van der Waals surface area contributed by atoms with E-state index in [1.165, 1.54) is 0 Å². The van der Waals surface area contributed by atoms with Gasteiger partial charge < -0.3 is 15.8 Å². The molecule has 0 bridgehead atoms. The Balaban J connectivity index is 5.00. The van der Waals surface area contributed by atoms with Crippen LogP contribution in [0, 0.1) is 0 Å². The summed E-state index contributed by atoms with van der Waals surface area (Å²) in [7, 11) is 0. The summed E-state index contributed by atoms with van der Waals surface area (Å²) in [6, 6.07) is -1.29. The van der Waals surface area contributed by atoms with Gasteiger partial charge in [0.25, 0.3) is 5.91 Å². The Morgan fingerprint density at radius 1 is 1.25 bits per heavy atom. The lowest BCUT2D eigenvalue weighted by molar-refractivity contribution is -0.212. The first-order valence-corrected chi connectivity index (χ1v) is 6.15. The SMILES string of the molecule is NC(=O)[C@@H](CS)NC(=O)[C@](N)(CS)OC(=O)C(F)(F)F. The molecule has 7 nitrogen and oxygen atoms in total. The molecule has 5 N–H and O–H groups in total. The Morgan fingerprint density at radius 3 is 2.05 bits per heavy atom. The summed E-state index contributed by atoms with van der Waals surface area (Å²) in [5, 5.41) is 1.91. The van der Waals surface area contributed by atoms with E-state index in [4.69, 9.17) is 11.5 Å². The number of alkyl halides is 3. The summed E-state index contributed by atoms with van der Waals surface area (Å²) in [4.78, 5) is 33.2. The van der Waals surface area contributed by atoms with E-state index in [0.29, 0.717) is 0 Å². The van der Waals surface area contributed by atoms with Gasteiger partial charge in [-0.15, -0.1) is 0 Å². The van der Waals surface area contributed by atoms with Gasteiger partial charge >= 0.3 is 12.1 Å². The highest BCUT2D eigenvalue weighted by molar-refractivity contribution is 7.80. The Bertz CT molecular complexity index is 407. The molecule has 12 heteroatoms. The Morgan fingerprint density at radius 2 is 1.75 bits per heavy atom. The Hall–Kier alpha value is -1.14. The molecule has 2 atom stereocenters. The highest BCUT2D eigenvalue weighted by Crippen LogP contribution is 2.20. The molecule has 0 unspecified atom stereocenters. The predicted molar refractivity (Wildman–Crippen MR) is 67.9 cm³/mol. The summed E-state index contributed by atoms with van der Waals surface area (Å²) >= 11 is 7.26. The van der Waals surface area contributed by atoms with Crippen molar-refractivity contribution in [2.75, 3.05) is 11.5 Å². The number of thiol groups is 2. The molecule has 0 aliphatic heterocycles.